The summed E-state index contributed by atoms with van der Waals surface area (Å²) < 4.78 is 0.216. The number of carbonyl (C=O) groups is 3. The lowest BCUT2D eigenvalue weighted by molar-refractivity contribution is -0.935. The van der Waals surface area contributed by atoms with Crippen LogP contribution >= 0.6 is 0 Å². The lowest BCUT2D eigenvalue weighted by atomic mass is 9.95. The van der Waals surface area contributed by atoms with E-state index in [1.54, 1.807) is 6.92 Å². The van der Waals surface area contributed by atoms with Crippen LogP contribution in [0.1, 0.15) is 175 Å². The first-order chi connectivity index (χ1) is 22.2. The fourth-order valence-corrected chi connectivity index (χ4v) is 6.79. The SMILES string of the molecule is CCCCCCCCCCCCC/C=C/CCCCCCCCC[N+](CC(CC)C(=O)[O-])(CC(CC)C(=O)O)CC(CC)C(=O)O. The van der Waals surface area contributed by atoms with Gasteiger partial charge in [-0.3, -0.25) is 9.59 Å². The molecular formula is C39H73NO6. The monoisotopic (exact) mass is 652 g/mol. The number of quaternary nitrogens is 1. The molecule has 7 nitrogen and oxygen atoms in total. The molecule has 0 radical (unpaired) electrons. The van der Waals surface area contributed by atoms with Crippen molar-refractivity contribution in [3.8, 4) is 0 Å². The topological polar surface area (TPSA) is 115 Å². The molecule has 3 atom stereocenters. The zero-order valence-corrected chi connectivity index (χ0v) is 30.5. The molecule has 0 aromatic carbocycles. The molecule has 0 aliphatic rings. The van der Waals surface area contributed by atoms with Gasteiger partial charge < -0.3 is 24.6 Å². The lowest BCUT2D eigenvalue weighted by Gasteiger charge is -2.44. The molecule has 0 aliphatic carbocycles. The van der Waals surface area contributed by atoms with Crippen molar-refractivity contribution in [2.45, 2.75) is 175 Å². The molecule has 270 valence electrons. The third-order valence-corrected chi connectivity index (χ3v) is 9.98. The smallest absolute Gasteiger partial charge is 0.312 e. The number of allylic oxidation sites excluding steroid dienone is 2. The van der Waals surface area contributed by atoms with E-state index in [4.69, 9.17) is 0 Å². The van der Waals surface area contributed by atoms with E-state index >= 15 is 0 Å². The Kier molecular flexibility index (Phi) is 28.1. The van der Waals surface area contributed by atoms with Crippen molar-refractivity contribution < 1.29 is 34.2 Å². The molecule has 7 heteroatoms. The van der Waals surface area contributed by atoms with Crippen LogP contribution in [0.5, 0.6) is 0 Å². The summed E-state index contributed by atoms with van der Waals surface area (Å²) >= 11 is 0. The fourth-order valence-electron chi connectivity index (χ4n) is 6.79. The molecule has 0 rings (SSSR count). The predicted octanol–water partition coefficient (Wildman–Crippen LogP) is 9.18. The van der Waals surface area contributed by atoms with Gasteiger partial charge in [0.2, 0.25) is 0 Å². The minimum atomic E-state index is -1.14. The maximum absolute atomic E-state index is 12.0. The minimum Gasteiger partial charge on any atom is -0.550 e. The first kappa shape index (κ1) is 44.1. The average Bonchev–Trinajstić information content (AvgIpc) is 3.03. The normalized spacial score (nSPS) is 15.0. The van der Waals surface area contributed by atoms with Gasteiger partial charge in [-0.05, 0) is 57.8 Å². The summed E-state index contributed by atoms with van der Waals surface area (Å²) in [6.07, 6.45) is 31.2. The van der Waals surface area contributed by atoms with Crippen LogP contribution in [0.4, 0.5) is 0 Å². The molecule has 0 fully saturated rings. The van der Waals surface area contributed by atoms with Gasteiger partial charge in [-0.15, -0.1) is 0 Å². The summed E-state index contributed by atoms with van der Waals surface area (Å²) in [5, 5.41) is 31.6. The zero-order chi connectivity index (χ0) is 34.5. The molecule has 3 unspecified atom stereocenters. The van der Waals surface area contributed by atoms with E-state index in [2.05, 4.69) is 19.1 Å². The van der Waals surface area contributed by atoms with E-state index < -0.39 is 35.7 Å². The Hall–Kier alpha value is -1.89. The zero-order valence-electron chi connectivity index (χ0n) is 30.5. The van der Waals surface area contributed by atoms with Crippen molar-refractivity contribution in [3.05, 3.63) is 12.2 Å². The van der Waals surface area contributed by atoms with E-state index in [0.29, 0.717) is 25.8 Å². The second-order valence-corrected chi connectivity index (χ2v) is 14.0. The van der Waals surface area contributed by atoms with E-state index in [0.717, 1.165) is 32.1 Å². The number of rotatable bonds is 34. The standard InChI is InChI=1S/C39H73NO6/c1-5-9-10-11-12-13-14-15-16-17-18-19-20-21-22-23-24-25-26-27-28-29-30-40(31-34(6-2)37(41)42,32-35(7-3)38(43)44)33-36(8-4)39(45)46/h20-21,34-36H,5-19,22-33H2,1-4H3,(H2-,41,42,43,44,45,46)/b21-20+. The number of nitrogens with zero attached hydrogens (tertiary/aromatic N) is 1. The molecule has 0 saturated heterocycles. The minimum absolute atomic E-state index is 0.216. The maximum Gasteiger partial charge on any atom is 0.312 e. The number of carbonyl (C=O) groups excluding carboxylic acids is 1. The molecule has 46 heavy (non-hydrogen) atoms. The maximum atomic E-state index is 12.0. The Balaban J connectivity index is 4.46. The molecule has 0 spiro atoms. The van der Waals surface area contributed by atoms with Crippen molar-refractivity contribution >= 4 is 17.9 Å². The van der Waals surface area contributed by atoms with Crippen molar-refractivity contribution in [2.24, 2.45) is 17.8 Å². The second kappa shape index (κ2) is 29.3. The van der Waals surface area contributed by atoms with Gasteiger partial charge in [-0.25, -0.2) is 0 Å². The quantitative estimate of drug-likeness (QED) is 0.0407. The van der Waals surface area contributed by atoms with Crippen molar-refractivity contribution in [1.82, 2.24) is 0 Å². The van der Waals surface area contributed by atoms with Gasteiger partial charge in [0.05, 0.1) is 32.1 Å². The highest BCUT2D eigenvalue weighted by Crippen LogP contribution is 2.25. The largest absolute Gasteiger partial charge is 0.550 e. The van der Waals surface area contributed by atoms with Crippen LogP contribution in [-0.4, -0.2) is 58.8 Å². The molecule has 0 bridgehead atoms. The third kappa shape index (κ3) is 22.6. The highest BCUT2D eigenvalue weighted by molar-refractivity contribution is 5.70. The number of aliphatic carboxylic acids is 3. The van der Waals surface area contributed by atoms with E-state index in [1.807, 2.05) is 13.8 Å². The summed E-state index contributed by atoms with van der Waals surface area (Å²) in [4.78, 5) is 35.9. The van der Waals surface area contributed by atoms with Crippen molar-refractivity contribution in [2.75, 3.05) is 26.2 Å². The van der Waals surface area contributed by atoms with Gasteiger partial charge in [0.25, 0.3) is 0 Å². The summed E-state index contributed by atoms with van der Waals surface area (Å²) in [6.45, 7) is 9.06. The van der Waals surface area contributed by atoms with Crippen LogP contribution in [0, 0.1) is 17.8 Å². The highest BCUT2D eigenvalue weighted by atomic mass is 16.4. The molecule has 2 N–H and O–H groups in total. The molecular weight excluding hydrogens is 578 g/mol. The van der Waals surface area contributed by atoms with E-state index in [9.17, 15) is 29.7 Å². The molecule has 0 aromatic rings. The van der Waals surface area contributed by atoms with Gasteiger partial charge >= 0.3 is 11.9 Å². The van der Waals surface area contributed by atoms with Gasteiger partial charge in [0.1, 0.15) is 11.8 Å². The van der Waals surface area contributed by atoms with Crippen LogP contribution in [-0.2, 0) is 14.4 Å². The molecule has 0 aliphatic heterocycles. The number of hydrogen-bond donors (Lipinski definition) is 2. The lowest BCUT2D eigenvalue weighted by Crippen LogP contribution is -2.59. The number of unbranched alkanes of at least 4 members (excludes halogenated alkanes) is 18. The summed E-state index contributed by atoms with van der Waals surface area (Å²) in [5.74, 6) is -4.96. The fraction of sp³-hybridized carbons (Fsp3) is 0.872. The van der Waals surface area contributed by atoms with Crippen LogP contribution in [0.3, 0.4) is 0 Å². The molecule has 0 aromatic heterocycles. The summed E-state index contributed by atoms with van der Waals surface area (Å²) in [5.41, 5.74) is 0. The summed E-state index contributed by atoms with van der Waals surface area (Å²) in [7, 11) is 0. The Morgan fingerprint density at radius 1 is 0.522 bits per heavy atom. The third-order valence-electron chi connectivity index (χ3n) is 9.98. The van der Waals surface area contributed by atoms with Gasteiger partial charge in [-0.2, -0.15) is 0 Å². The van der Waals surface area contributed by atoms with Crippen molar-refractivity contribution in [3.63, 3.8) is 0 Å². The van der Waals surface area contributed by atoms with Crippen LogP contribution < -0.4 is 5.11 Å². The predicted molar refractivity (Wildman–Crippen MR) is 189 cm³/mol. The van der Waals surface area contributed by atoms with Crippen LogP contribution in [0.2, 0.25) is 0 Å². The number of carboxylic acids is 3. The van der Waals surface area contributed by atoms with Crippen LogP contribution in [0.25, 0.3) is 0 Å². The second-order valence-electron chi connectivity index (χ2n) is 14.0. The van der Waals surface area contributed by atoms with Crippen LogP contribution in [0.15, 0.2) is 12.2 Å². The molecule has 0 saturated carbocycles. The molecule has 0 amide bonds. The first-order valence-corrected chi connectivity index (χ1v) is 19.3. The number of hydrogen-bond acceptors (Lipinski definition) is 4. The first-order valence-electron chi connectivity index (χ1n) is 19.3. The Bertz CT molecular complexity index is 738. The van der Waals surface area contributed by atoms with E-state index in [1.165, 1.54) is 96.3 Å². The van der Waals surface area contributed by atoms with Gasteiger partial charge in [0, 0.05) is 5.92 Å². The van der Waals surface area contributed by atoms with Gasteiger partial charge in [0.15, 0.2) is 0 Å². The Morgan fingerprint density at radius 3 is 1.17 bits per heavy atom. The Morgan fingerprint density at radius 2 is 0.848 bits per heavy atom. The average molecular weight is 652 g/mol. The van der Waals surface area contributed by atoms with E-state index in [-0.39, 0.29) is 24.1 Å². The summed E-state index contributed by atoms with van der Waals surface area (Å²) in [6, 6.07) is 0. The highest BCUT2D eigenvalue weighted by Gasteiger charge is 2.39. The Labute approximate surface area is 283 Å². The van der Waals surface area contributed by atoms with Crippen molar-refractivity contribution in [1.29, 1.82) is 0 Å². The number of carboxylic acid groups (broad SMARTS) is 3. The molecule has 0 heterocycles. The van der Waals surface area contributed by atoms with Gasteiger partial charge in [-0.1, -0.05) is 130 Å².